The molecule has 0 aliphatic carbocycles. The second kappa shape index (κ2) is 7.94. The molecule has 0 amide bonds. The summed E-state index contributed by atoms with van der Waals surface area (Å²) in [6.07, 6.45) is 4.39. The highest BCUT2D eigenvalue weighted by atomic mass is 32.2. The van der Waals surface area contributed by atoms with Gasteiger partial charge >= 0.3 is 0 Å². The summed E-state index contributed by atoms with van der Waals surface area (Å²) in [4.78, 5) is 2.44. The van der Waals surface area contributed by atoms with Crippen LogP contribution in [0.4, 0.5) is 0 Å². The average Bonchev–Trinajstić information content (AvgIpc) is 2.92. The zero-order valence-electron chi connectivity index (χ0n) is 13.4. The zero-order valence-corrected chi connectivity index (χ0v) is 14.2. The molecule has 0 saturated carbocycles. The summed E-state index contributed by atoms with van der Waals surface area (Å²) in [5.41, 5.74) is 1.32. The van der Waals surface area contributed by atoms with E-state index in [1.165, 1.54) is 18.2 Å². The van der Waals surface area contributed by atoms with Gasteiger partial charge in [0, 0.05) is 12.6 Å². The molecule has 2 rings (SSSR count). The summed E-state index contributed by atoms with van der Waals surface area (Å²) in [5.74, 6) is 0.910. The first-order valence-electron chi connectivity index (χ1n) is 7.91. The van der Waals surface area contributed by atoms with Crippen molar-refractivity contribution >= 4 is 10.0 Å². The number of hydrogen-bond donors (Lipinski definition) is 1. The molecule has 1 N–H and O–H groups in total. The number of nitrogens with one attached hydrogen (secondary N) is 1. The standard InChI is InChI=1S/C16H26N2O3S/c1-3-21-15-9-7-14(8-10-15)16-6-4-12-18(16)13-5-11-17-22(2,19)20/h7-10,16-17H,3-6,11-13H2,1-2H3. The smallest absolute Gasteiger partial charge is 0.208 e. The van der Waals surface area contributed by atoms with Crippen LogP contribution in [0.25, 0.3) is 0 Å². The maximum Gasteiger partial charge on any atom is 0.208 e. The van der Waals surface area contributed by atoms with Crippen molar-refractivity contribution < 1.29 is 13.2 Å². The highest BCUT2D eigenvalue weighted by Gasteiger charge is 2.25. The van der Waals surface area contributed by atoms with Crippen molar-refractivity contribution in [2.75, 3.05) is 32.5 Å². The number of hydrogen-bond acceptors (Lipinski definition) is 4. The van der Waals surface area contributed by atoms with Gasteiger partial charge in [0.2, 0.25) is 10.0 Å². The number of nitrogens with zero attached hydrogens (tertiary/aromatic N) is 1. The average molecular weight is 326 g/mol. The maximum absolute atomic E-state index is 11.1. The second-order valence-corrected chi connectivity index (χ2v) is 7.55. The molecule has 1 fully saturated rings. The van der Waals surface area contributed by atoms with E-state index in [4.69, 9.17) is 4.74 Å². The minimum atomic E-state index is -3.08. The van der Waals surface area contributed by atoms with Crippen LogP contribution >= 0.6 is 0 Å². The van der Waals surface area contributed by atoms with Gasteiger partial charge in [0.25, 0.3) is 0 Å². The Kier molecular flexibility index (Phi) is 6.23. The lowest BCUT2D eigenvalue weighted by molar-refractivity contribution is 0.254. The fourth-order valence-corrected chi connectivity index (χ4v) is 3.48. The fraction of sp³-hybridized carbons (Fsp3) is 0.625. The van der Waals surface area contributed by atoms with E-state index in [0.717, 1.165) is 31.7 Å². The predicted molar refractivity (Wildman–Crippen MR) is 88.6 cm³/mol. The van der Waals surface area contributed by atoms with Crippen molar-refractivity contribution in [1.29, 1.82) is 0 Å². The van der Waals surface area contributed by atoms with Gasteiger partial charge in [-0.25, -0.2) is 13.1 Å². The van der Waals surface area contributed by atoms with E-state index < -0.39 is 10.0 Å². The van der Waals surface area contributed by atoms with Crippen LogP contribution in [0.1, 0.15) is 37.8 Å². The Hall–Kier alpha value is -1.11. The van der Waals surface area contributed by atoms with Gasteiger partial charge in [-0.15, -0.1) is 0 Å². The normalized spacial score (nSPS) is 19.5. The third kappa shape index (κ3) is 5.26. The Morgan fingerprint density at radius 1 is 1.32 bits per heavy atom. The molecule has 1 unspecified atom stereocenters. The zero-order chi connectivity index (χ0) is 16.0. The van der Waals surface area contributed by atoms with Crippen molar-refractivity contribution in [3.63, 3.8) is 0 Å². The molecule has 5 nitrogen and oxygen atoms in total. The quantitative estimate of drug-likeness (QED) is 0.744. The molecule has 0 radical (unpaired) electrons. The third-order valence-corrected chi connectivity index (χ3v) is 4.65. The van der Waals surface area contributed by atoms with Gasteiger partial charge in [0.05, 0.1) is 12.9 Å². The Bertz CT molecular complexity index is 557. The highest BCUT2D eigenvalue weighted by molar-refractivity contribution is 7.88. The molecular formula is C16H26N2O3S. The van der Waals surface area contributed by atoms with E-state index in [1.807, 2.05) is 19.1 Å². The van der Waals surface area contributed by atoms with Crippen molar-refractivity contribution in [3.8, 4) is 5.75 Å². The molecule has 22 heavy (non-hydrogen) atoms. The molecule has 6 heteroatoms. The van der Waals surface area contributed by atoms with E-state index >= 15 is 0 Å². The lowest BCUT2D eigenvalue weighted by Crippen LogP contribution is -2.29. The van der Waals surface area contributed by atoms with Gasteiger partial charge in [-0.3, -0.25) is 4.90 Å². The van der Waals surface area contributed by atoms with Crippen LogP contribution in [0, 0.1) is 0 Å². The maximum atomic E-state index is 11.1. The van der Waals surface area contributed by atoms with Crippen molar-refractivity contribution in [3.05, 3.63) is 29.8 Å². The van der Waals surface area contributed by atoms with Crippen molar-refractivity contribution in [2.24, 2.45) is 0 Å². The van der Waals surface area contributed by atoms with Crippen molar-refractivity contribution in [1.82, 2.24) is 9.62 Å². The van der Waals surface area contributed by atoms with Gasteiger partial charge < -0.3 is 4.74 Å². The molecule has 0 aromatic heterocycles. The first-order chi connectivity index (χ1) is 10.5. The molecule has 1 aromatic rings. The minimum absolute atomic E-state index is 0.439. The fourth-order valence-electron chi connectivity index (χ4n) is 2.96. The topological polar surface area (TPSA) is 58.6 Å². The van der Waals surface area contributed by atoms with Crippen LogP contribution in [0.5, 0.6) is 5.75 Å². The van der Waals surface area contributed by atoms with E-state index in [9.17, 15) is 8.42 Å². The number of sulfonamides is 1. The largest absolute Gasteiger partial charge is 0.494 e. The van der Waals surface area contributed by atoms with E-state index in [0.29, 0.717) is 19.2 Å². The first kappa shape index (κ1) is 17.2. The highest BCUT2D eigenvalue weighted by Crippen LogP contribution is 2.32. The summed E-state index contributed by atoms with van der Waals surface area (Å²) in [6, 6.07) is 8.78. The summed E-state index contributed by atoms with van der Waals surface area (Å²) in [6.45, 7) is 5.17. The molecule has 1 atom stereocenters. The molecule has 1 aromatic carbocycles. The molecule has 1 aliphatic heterocycles. The Morgan fingerprint density at radius 3 is 2.68 bits per heavy atom. The van der Waals surface area contributed by atoms with E-state index in [-0.39, 0.29) is 0 Å². The molecule has 0 spiro atoms. The summed E-state index contributed by atoms with van der Waals surface area (Å²) < 4.78 is 30.2. The minimum Gasteiger partial charge on any atom is -0.494 e. The molecule has 0 bridgehead atoms. The van der Waals surface area contributed by atoms with Crippen LogP contribution in [0.3, 0.4) is 0 Å². The Balaban J connectivity index is 1.87. The van der Waals surface area contributed by atoms with Crippen LogP contribution in [-0.4, -0.2) is 45.8 Å². The molecule has 1 aliphatic rings. The monoisotopic (exact) mass is 326 g/mol. The van der Waals surface area contributed by atoms with Gasteiger partial charge in [0.15, 0.2) is 0 Å². The number of rotatable bonds is 8. The van der Waals surface area contributed by atoms with Crippen LogP contribution in [0.2, 0.25) is 0 Å². The molecule has 1 heterocycles. The van der Waals surface area contributed by atoms with Gasteiger partial charge in [-0.1, -0.05) is 12.1 Å². The number of benzene rings is 1. The van der Waals surface area contributed by atoms with E-state index in [1.54, 1.807) is 0 Å². The van der Waals surface area contributed by atoms with Gasteiger partial charge in [-0.05, 0) is 57.0 Å². The molecule has 124 valence electrons. The summed E-state index contributed by atoms with van der Waals surface area (Å²) >= 11 is 0. The SMILES string of the molecule is CCOc1ccc(C2CCCN2CCCNS(C)(=O)=O)cc1. The Morgan fingerprint density at radius 2 is 2.05 bits per heavy atom. The lowest BCUT2D eigenvalue weighted by Gasteiger charge is -2.25. The lowest BCUT2D eigenvalue weighted by atomic mass is 10.0. The second-order valence-electron chi connectivity index (χ2n) is 5.72. The van der Waals surface area contributed by atoms with Gasteiger partial charge in [0.1, 0.15) is 5.75 Å². The van der Waals surface area contributed by atoms with Crippen LogP contribution in [-0.2, 0) is 10.0 Å². The Labute approximate surface area is 133 Å². The number of ether oxygens (including phenoxy) is 1. The summed E-state index contributed by atoms with van der Waals surface area (Å²) in [5, 5.41) is 0. The van der Waals surface area contributed by atoms with Gasteiger partial charge in [-0.2, -0.15) is 0 Å². The van der Waals surface area contributed by atoms with Crippen LogP contribution in [0.15, 0.2) is 24.3 Å². The predicted octanol–water partition coefficient (Wildman–Crippen LogP) is 2.16. The molecular weight excluding hydrogens is 300 g/mol. The third-order valence-electron chi connectivity index (χ3n) is 3.93. The first-order valence-corrected chi connectivity index (χ1v) is 9.80. The number of likely N-dealkylation sites (tertiary alicyclic amines) is 1. The summed E-state index contributed by atoms with van der Waals surface area (Å²) in [7, 11) is -3.08. The molecule has 1 saturated heterocycles. The van der Waals surface area contributed by atoms with E-state index in [2.05, 4.69) is 21.8 Å². The van der Waals surface area contributed by atoms with Crippen molar-refractivity contribution in [2.45, 2.75) is 32.2 Å². The van der Waals surface area contributed by atoms with Crippen LogP contribution < -0.4 is 9.46 Å².